The van der Waals surface area contributed by atoms with Gasteiger partial charge in [0.2, 0.25) is 0 Å². The Morgan fingerprint density at radius 1 is 1.52 bits per heavy atom. The first-order valence-electron chi connectivity index (χ1n) is 7.33. The van der Waals surface area contributed by atoms with Gasteiger partial charge >= 0.3 is 0 Å². The summed E-state index contributed by atoms with van der Waals surface area (Å²) in [6.07, 6.45) is -0.606. The van der Waals surface area contributed by atoms with Crippen LogP contribution in [0.15, 0.2) is 18.6 Å². The van der Waals surface area contributed by atoms with Crippen molar-refractivity contribution >= 4 is 16.9 Å². The first-order chi connectivity index (χ1) is 11.0. The number of hydrogen-bond donors (Lipinski definition) is 3. The molecular formula is C14H19FN4O4. The second kappa shape index (κ2) is 6.00. The zero-order valence-electron chi connectivity index (χ0n) is 12.8. The quantitative estimate of drug-likeness (QED) is 0.698. The summed E-state index contributed by atoms with van der Waals surface area (Å²) in [6, 6.07) is 1.70. The number of ether oxygens (including phenoxy) is 1. The maximum atomic E-state index is 14.9. The van der Waals surface area contributed by atoms with Gasteiger partial charge in [0.05, 0.1) is 18.6 Å². The topological polar surface area (TPSA) is 102 Å². The first-order valence-corrected chi connectivity index (χ1v) is 7.33. The largest absolute Gasteiger partial charge is 0.394 e. The van der Waals surface area contributed by atoms with Crippen LogP contribution in [0.3, 0.4) is 0 Å². The lowest BCUT2D eigenvalue weighted by Gasteiger charge is -2.25. The van der Waals surface area contributed by atoms with Crippen LogP contribution in [0.25, 0.3) is 11.0 Å². The average Bonchev–Trinajstić information content (AvgIpc) is 3.06. The van der Waals surface area contributed by atoms with Crippen LogP contribution < -0.4 is 5.48 Å². The Bertz CT molecular complexity index is 692. The summed E-state index contributed by atoms with van der Waals surface area (Å²) in [4.78, 5) is 13.4. The minimum Gasteiger partial charge on any atom is -0.394 e. The van der Waals surface area contributed by atoms with Gasteiger partial charge in [-0.05, 0) is 19.9 Å². The van der Waals surface area contributed by atoms with Crippen molar-refractivity contribution < 1.29 is 24.2 Å². The average molecular weight is 326 g/mol. The predicted molar refractivity (Wildman–Crippen MR) is 79.3 cm³/mol. The Hall–Kier alpha value is -1.81. The molecule has 3 rings (SSSR count). The van der Waals surface area contributed by atoms with Gasteiger partial charge < -0.3 is 19.5 Å². The Morgan fingerprint density at radius 3 is 2.96 bits per heavy atom. The number of nitrogens with one attached hydrogen (secondary N) is 1. The van der Waals surface area contributed by atoms with Crippen molar-refractivity contribution in [1.82, 2.24) is 14.5 Å². The molecule has 1 aliphatic rings. The lowest BCUT2D eigenvalue weighted by Crippen LogP contribution is -2.40. The van der Waals surface area contributed by atoms with Crippen molar-refractivity contribution in [3.8, 4) is 0 Å². The number of halogens is 1. The monoisotopic (exact) mass is 326 g/mol. The van der Waals surface area contributed by atoms with E-state index in [1.807, 2.05) is 6.92 Å². The number of nitrogens with zero attached hydrogens (tertiary/aromatic N) is 3. The van der Waals surface area contributed by atoms with Gasteiger partial charge in [-0.2, -0.15) is 0 Å². The summed E-state index contributed by atoms with van der Waals surface area (Å²) in [5.41, 5.74) is 1.06. The van der Waals surface area contributed by atoms with Crippen molar-refractivity contribution in [3.63, 3.8) is 0 Å². The molecule has 3 N–H and O–H groups in total. The lowest BCUT2D eigenvalue weighted by molar-refractivity contribution is -0.0564. The molecule has 0 saturated carbocycles. The Balaban J connectivity index is 2.01. The number of rotatable bonds is 5. The highest BCUT2D eigenvalue weighted by Crippen LogP contribution is 2.42. The highest BCUT2D eigenvalue weighted by molar-refractivity contribution is 5.87. The molecule has 0 aliphatic carbocycles. The van der Waals surface area contributed by atoms with Crippen LogP contribution in [0.4, 0.5) is 10.2 Å². The number of aromatic nitrogens is 3. The number of hydrogen-bond acceptors (Lipinski definition) is 7. The fourth-order valence-electron chi connectivity index (χ4n) is 2.75. The zero-order valence-corrected chi connectivity index (χ0v) is 12.8. The van der Waals surface area contributed by atoms with Crippen LogP contribution in [0.5, 0.6) is 0 Å². The highest BCUT2D eigenvalue weighted by Gasteiger charge is 2.54. The minimum atomic E-state index is -2.07. The predicted octanol–water partition coefficient (Wildman–Crippen LogP) is 0.773. The molecule has 2 aromatic rings. The summed E-state index contributed by atoms with van der Waals surface area (Å²) in [6.45, 7) is 3.05. The normalized spacial score (nSPS) is 30.9. The van der Waals surface area contributed by atoms with Gasteiger partial charge in [0.1, 0.15) is 24.2 Å². The summed E-state index contributed by atoms with van der Waals surface area (Å²) in [7, 11) is 0. The first kappa shape index (κ1) is 16.1. The number of aliphatic hydroxyl groups is 2. The van der Waals surface area contributed by atoms with Crippen molar-refractivity contribution in [3.05, 3.63) is 18.6 Å². The number of fused-ring (bicyclic) bond motifs is 1. The number of aliphatic hydroxyl groups excluding tert-OH is 2. The van der Waals surface area contributed by atoms with Crippen molar-refractivity contribution in [2.45, 2.75) is 38.0 Å². The van der Waals surface area contributed by atoms with Gasteiger partial charge in [0.15, 0.2) is 17.7 Å². The van der Waals surface area contributed by atoms with Gasteiger partial charge in [-0.15, -0.1) is 0 Å². The summed E-state index contributed by atoms with van der Waals surface area (Å²) in [5, 5.41) is 19.8. The van der Waals surface area contributed by atoms with Crippen LogP contribution in [0, 0.1) is 0 Å². The molecule has 0 spiro atoms. The molecule has 8 nitrogen and oxygen atoms in total. The molecule has 1 saturated heterocycles. The van der Waals surface area contributed by atoms with E-state index in [9.17, 15) is 14.6 Å². The minimum absolute atomic E-state index is 0.432. The van der Waals surface area contributed by atoms with E-state index in [2.05, 4.69) is 15.4 Å². The fraction of sp³-hybridized carbons (Fsp3) is 0.571. The molecule has 4 atom stereocenters. The number of anilines is 1. The molecule has 23 heavy (non-hydrogen) atoms. The molecule has 9 heteroatoms. The second-order valence-corrected chi connectivity index (χ2v) is 5.52. The van der Waals surface area contributed by atoms with E-state index in [4.69, 9.17) is 9.57 Å². The Morgan fingerprint density at radius 2 is 2.30 bits per heavy atom. The number of alkyl halides is 1. The van der Waals surface area contributed by atoms with Crippen LogP contribution in [-0.2, 0) is 9.57 Å². The van der Waals surface area contributed by atoms with Gasteiger partial charge in [0.25, 0.3) is 0 Å². The van der Waals surface area contributed by atoms with E-state index in [1.165, 1.54) is 17.8 Å². The molecule has 2 unspecified atom stereocenters. The molecule has 3 heterocycles. The lowest BCUT2D eigenvalue weighted by atomic mass is 9.98. The van der Waals surface area contributed by atoms with Gasteiger partial charge in [0, 0.05) is 6.20 Å². The van der Waals surface area contributed by atoms with Crippen LogP contribution in [-0.4, -0.2) is 55.8 Å². The van der Waals surface area contributed by atoms with E-state index in [-0.39, 0.29) is 0 Å². The molecule has 0 radical (unpaired) electrons. The van der Waals surface area contributed by atoms with E-state index in [0.717, 1.165) is 0 Å². The van der Waals surface area contributed by atoms with E-state index >= 15 is 0 Å². The Kier molecular flexibility index (Phi) is 4.19. The molecule has 0 amide bonds. The van der Waals surface area contributed by atoms with Gasteiger partial charge in [-0.25, -0.2) is 19.8 Å². The summed E-state index contributed by atoms with van der Waals surface area (Å²) < 4.78 is 21.9. The third-order valence-electron chi connectivity index (χ3n) is 3.97. The molecule has 0 bridgehead atoms. The van der Waals surface area contributed by atoms with E-state index < -0.39 is 30.7 Å². The molecule has 1 fully saturated rings. The highest BCUT2D eigenvalue weighted by atomic mass is 19.1. The second-order valence-electron chi connectivity index (χ2n) is 5.52. The van der Waals surface area contributed by atoms with Crippen molar-refractivity contribution in [2.75, 3.05) is 18.7 Å². The smallest absolute Gasteiger partial charge is 0.181 e. The molecule has 126 valence electrons. The standard InChI is InChI=1S/C14H19FN4O4/c1-3-22-18-11-8-4-5-19(12(8)17-7-16-11)13-14(2,15)10(21)9(6-20)23-13/h4-5,7,9-10,13,20-21H,3,6H2,1-2H3,(H,16,17,18)/t9?,10?,13-,14-/m1/s1. The summed E-state index contributed by atoms with van der Waals surface area (Å²) in [5.74, 6) is 0.452. The summed E-state index contributed by atoms with van der Waals surface area (Å²) >= 11 is 0. The molecular weight excluding hydrogens is 307 g/mol. The Labute approximate surface area is 131 Å². The maximum absolute atomic E-state index is 14.9. The SMILES string of the molecule is CCONc1ncnc2c1ccn2[C@@H]1OC(CO)C(O)[C@@]1(C)F. The van der Waals surface area contributed by atoms with E-state index in [0.29, 0.717) is 23.5 Å². The van der Waals surface area contributed by atoms with Gasteiger partial charge in [-0.3, -0.25) is 4.84 Å². The van der Waals surface area contributed by atoms with Crippen molar-refractivity contribution in [1.29, 1.82) is 0 Å². The third-order valence-corrected chi connectivity index (χ3v) is 3.97. The van der Waals surface area contributed by atoms with Gasteiger partial charge in [-0.1, -0.05) is 0 Å². The fourth-order valence-corrected chi connectivity index (χ4v) is 2.75. The van der Waals surface area contributed by atoms with E-state index in [1.54, 1.807) is 12.3 Å². The zero-order chi connectivity index (χ0) is 16.6. The van der Waals surface area contributed by atoms with Crippen LogP contribution in [0.1, 0.15) is 20.1 Å². The van der Waals surface area contributed by atoms with Crippen molar-refractivity contribution in [2.24, 2.45) is 0 Å². The maximum Gasteiger partial charge on any atom is 0.181 e. The van der Waals surface area contributed by atoms with Crippen LogP contribution in [0.2, 0.25) is 0 Å². The molecule has 0 aromatic carbocycles. The van der Waals surface area contributed by atoms with Crippen LogP contribution >= 0.6 is 0 Å². The molecule has 1 aliphatic heterocycles. The third kappa shape index (κ3) is 2.55. The molecule has 2 aromatic heterocycles.